The highest BCUT2D eigenvalue weighted by atomic mass is 19.1. The molecular formula is C6H8FN3O2. The highest BCUT2D eigenvalue weighted by Crippen LogP contribution is 2.13. The smallest absolute Gasteiger partial charge is 0.358 e. The standard InChI is InChI=1S/C6H8FN3O2/c1-5-4-9(3-2-7)8-6(5)10(11)12/h4H,2-3H2,1H3. The van der Waals surface area contributed by atoms with Gasteiger partial charge in [-0.1, -0.05) is 0 Å². The van der Waals surface area contributed by atoms with Crippen LogP contribution in [-0.2, 0) is 6.54 Å². The lowest BCUT2D eigenvalue weighted by Gasteiger charge is -1.86. The number of halogens is 1. The summed E-state index contributed by atoms with van der Waals surface area (Å²) in [5.41, 5.74) is 0.452. The van der Waals surface area contributed by atoms with E-state index in [1.54, 1.807) is 6.92 Å². The zero-order valence-electron chi connectivity index (χ0n) is 6.53. The molecule has 0 radical (unpaired) electrons. The third-order valence-corrected chi connectivity index (χ3v) is 1.41. The SMILES string of the molecule is Cc1cn(CCF)nc1[N+](=O)[O-]. The molecule has 0 aliphatic rings. The second-order valence-corrected chi connectivity index (χ2v) is 2.34. The molecule has 12 heavy (non-hydrogen) atoms. The van der Waals surface area contributed by atoms with Crippen LogP contribution in [0.25, 0.3) is 0 Å². The summed E-state index contributed by atoms with van der Waals surface area (Å²) in [5.74, 6) is -0.205. The molecule has 0 aliphatic heterocycles. The molecule has 0 fully saturated rings. The average molecular weight is 173 g/mol. The van der Waals surface area contributed by atoms with E-state index in [0.717, 1.165) is 0 Å². The molecule has 0 saturated heterocycles. The summed E-state index contributed by atoms with van der Waals surface area (Å²) in [7, 11) is 0. The lowest BCUT2D eigenvalue weighted by molar-refractivity contribution is -0.390. The fourth-order valence-electron chi connectivity index (χ4n) is 0.892. The summed E-state index contributed by atoms with van der Waals surface area (Å²) in [6, 6.07) is 0. The summed E-state index contributed by atoms with van der Waals surface area (Å²) in [4.78, 5) is 9.70. The van der Waals surface area contributed by atoms with Gasteiger partial charge >= 0.3 is 5.82 Å². The van der Waals surface area contributed by atoms with Crippen molar-refractivity contribution in [1.82, 2.24) is 9.78 Å². The van der Waals surface area contributed by atoms with E-state index < -0.39 is 11.6 Å². The summed E-state index contributed by atoms with van der Waals surface area (Å²) in [6.07, 6.45) is 1.46. The molecule has 0 amide bonds. The molecule has 5 nitrogen and oxygen atoms in total. The number of rotatable bonds is 3. The summed E-state index contributed by atoms with van der Waals surface area (Å²) >= 11 is 0. The largest absolute Gasteiger partial charge is 0.392 e. The fraction of sp³-hybridized carbons (Fsp3) is 0.500. The third kappa shape index (κ3) is 1.58. The van der Waals surface area contributed by atoms with Crippen LogP contribution in [0.1, 0.15) is 5.56 Å². The molecule has 6 heteroatoms. The van der Waals surface area contributed by atoms with E-state index in [4.69, 9.17) is 0 Å². The lowest BCUT2D eigenvalue weighted by Crippen LogP contribution is -2.00. The number of aromatic nitrogens is 2. The Kier molecular flexibility index (Phi) is 2.37. The Hall–Kier alpha value is -1.46. The second kappa shape index (κ2) is 3.29. The van der Waals surface area contributed by atoms with Gasteiger partial charge in [-0.15, -0.1) is 0 Å². The van der Waals surface area contributed by atoms with Gasteiger partial charge in [-0.25, -0.2) is 4.39 Å². The molecule has 1 rings (SSSR count). The molecule has 1 aromatic rings. The summed E-state index contributed by atoms with van der Waals surface area (Å²) in [6.45, 7) is 1.06. The molecule has 0 atom stereocenters. The van der Waals surface area contributed by atoms with Gasteiger partial charge in [0.1, 0.15) is 6.67 Å². The Balaban J connectivity index is 2.92. The summed E-state index contributed by atoms with van der Waals surface area (Å²) < 4.78 is 13.0. The van der Waals surface area contributed by atoms with Gasteiger partial charge in [-0.3, -0.25) is 0 Å². The van der Waals surface area contributed by atoms with Crippen molar-refractivity contribution < 1.29 is 9.31 Å². The number of aryl methyl sites for hydroxylation is 2. The van der Waals surface area contributed by atoms with E-state index in [1.807, 2.05) is 0 Å². The van der Waals surface area contributed by atoms with E-state index >= 15 is 0 Å². The van der Waals surface area contributed by atoms with Crippen molar-refractivity contribution in [3.63, 3.8) is 0 Å². The minimum absolute atomic E-state index is 0.0642. The van der Waals surface area contributed by atoms with E-state index in [1.165, 1.54) is 10.9 Å². The first-order valence-electron chi connectivity index (χ1n) is 3.39. The number of hydrogen-bond acceptors (Lipinski definition) is 3. The van der Waals surface area contributed by atoms with Gasteiger partial charge in [-0.05, 0) is 11.8 Å². The van der Waals surface area contributed by atoms with Crippen molar-refractivity contribution in [2.24, 2.45) is 0 Å². The van der Waals surface area contributed by atoms with Gasteiger partial charge < -0.3 is 10.1 Å². The van der Waals surface area contributed by atoms with E-state index in [2.05, 4.69) is 5.10 Å². The number of hydrogen-bond donors (Lipinski definition) is 0. The van der Waals surface area contributed by atoms with E-state index in [-0.39, 0.29) is 12.4 Å². The first-order chi connectivity index (χ1) is 5.65. The minimum atomic E-state index is -0.579. The second-order valence-electron chi connectivity index (χ2n) is 2.34. The van der Waals surface area contributed by atoms with Crippen molar-refractivity contribution in [3.05, 3.63) is 21.9 Å². The molecule has 66 valence electrons. The molecule has 0 aromatic carbocycles. The molecule has 1 heterocycles. The van der Waals surface area contributed by atoms with Crippen LogP contribution in [-0.4, -0.2) is 21.4 Å². The van der Waals surface area contributed by atoms with Gasteiger partial charge in [0.25, 0.3) is 0 Å². The number of nitrogens with zero attached hydrogens (tertiary/aromatic N) is 3. The van der Waals surface area contributed by atoms with Crippen molar-refractivity contribution in [3.8, 4) is 0 Å². The number of alkyl halides is 1. The maximum Gasteiger partial charge on any atom is 0.392 e. The maximum atomic E-state index is 11.8. The normalized spacial score (nSPS) is 10.2. The lowest BCUT2D eigenvalue weighted by atomic mass is 10.4. The first kappa shape index (κ1) is 8.63. The predicted octanol–water partition coefficient (Wildman–Crippen LogP) is 1.07. The summed E-state index contributed by atoms with van der Waals surface area (Å²) in [5, 5.41) is 13.9. The molecule has 0 bridgehead atoms. The predicted molar refractivity (Wildman–Crippen MR) is 39.6 cm³/mol. The van der Waals surface area contributed by atoms with Crippen molar-refractivity contribution in [2.45, 2.75) is 13.5 Å². The van der Waals surface area contributed by atoms with Crippen LogP contribution in [0.2, 0.25) is 0 Å². The molecule has 1 aromatic heterocycles. The van der Waals surface area contributed by atoms with Gasteiger partial charge in [0.05, 0.1) is 23.4 Å². The monoisotopic (exact) mass is 173 g/mol. The van der Waals surface area contributed by atoms with Crippen molar-refractivity contribution >= 4 is 5.82 Å². The Morgan fingerprint density at radius 3 is 2.92 bits per heavy atom. The van der Waals surface area contributed by atoms with Gasteiger partial charge in [0.2, 0.25) is 0 Å². The minimum Gasteiger partial charge on any atom is -0.358 e. The van der Waals surface area contributed by atoms with Gasteiger partial charge in [0, 0.05) is 0 Å². The van der Waals surface area contributed by atoms with Gasteiger partial charge in [0.15, 0.2) is 0 Å². The van der Waals surface area contributed by atoms with Crippen LogP contribution in [0, 0.1) is 17.0 Å². The zero-order chi connectivity index (χ0) is 9.14. The number of nitro groups is 1. The van der Waals surface area contributed by atoms with Crippen molar-refractivity contribution in [2.75, 3.05) is 6.67 Å². The van der Waals surface area contributed by atoms with Crippen LogP contribution < -0.4 is 0 Å². The van der Waals surface area contributed by atoms with Gasteiger partial charge in [-0.2, -0.15) is 4.68 Å². The molecule has 0 spiro atoms. The fourth-order valence-corrected chi connectivity index (χ4v) is 0.892. The third-order valence-electron chi connectivity index (χ3n) is 1.41. The van der Waals surface area contributed by atoms with Crippen molar-refractivity contribution in [1.29, 1.82) is 0 Å². The molecule has 0 saturated carbocycles. The molecule has 0 aliphatic carbocycles. The van der Waals surface area contributed by atoms with Crippen LogP contribution in [0.3, 0.4) is 0 Å². The van der Waals surface area contributed by atoms with Crippen LogP contribution in [0.15, 0.2) is 6.20 Å². The zero-order valence-corrected chi connectivity index (χ0v) is 6.53. The molecular weight excluding hydrogens is 165 g/mol. The Morgan fingerprint density at radius 2 is 2.50 bits per heavy atom. The highest BCUT2D eigenvalue weighted by Gasteiger charge is 2.16. The Labute approximate surface area is 68.0 Å². The topological polar surface area (TPSA) is 61.0 Å². The van der Waals surface area contributed by atoms with Crippen LogP contribution >= 0.6 is 0 Å². The molecule has 0 unspecified atom stereocenters. The maximum absolute atomic E-state index is 11.8. The molecule has 0 N–H and O–H groups in total. The van der Waals surface area contributed by atoms with E-state index in [0.29, 0.717) is 5.56 Å². The Bertz CT molecular complexity index is 297. The van der Waals surface area contributed by atoms with E-state index in [9.17, 15) is 14.5 Å². The average Bonchev–Trinajstić information content (AvgIpc) is 2.32. The van der Waals surface area contributed by atoms with Crippen LogP contribution in [0.4, 0.5) is 10.2 Å². The first-order valence-corrected chi connectivity index (χ1v) is 3.39. The van der Waals surface area contributed by atoms with Crippen LogP contribution in [0.5, 0.6) is 0 Å². The Morgan fingerprint density at radius 1 is 1.83 bits per heavy atom. The quantitative estimate of drug-likeness (QED) is 0.507. The highest BCUT2D eigenvalue weighted by molar-refractivity contribution is 5.27.